The lowest BCUT2D eigenvalue weighted by atomic mass is 10.2. The van der Waals surface area contributed by atoms with Gasteiger partial charge in [0.25, 0.3) is 0 Å². The molecule has 0 radical (unpaired) electrons. The largest absolute Gasteiger partial charge is 0.441 e. The average Bonchev–Trinajstić information content (AvgIpc) is 3.25. The molecule has 1 saturated heterocycles. The van der Waals surface area contributed by atoms with E-state index in [9.17, 15) is 5.11 Å². The van der Waals surface area contributed by atoms with Crippen molar-refractivity contribution in [3.05, 3.63) is 41.9 Å². The van der Waals surface area contributed by atoms with Gasteiger partial charge in [0.15, 0.2) is 17.3 Å². The molecule has 126 valence electrons. The number of hydrogen-bond donors (Lipinski definition) is 1. The highest BCUT2D eigenvalue weighted by Gasteiger charge is 2.35. The summed E-state index contributed by atoms with van der Waals surface area (Å²) in [6, 6.07) is 7.77. The van der Waals surface area contributed by atoms with E-state index >= 15 is 0 Å². The van der Waals surface area contributed by atoms with Crippen molar-refractivity contribution in [1.82, 2.24) is 20.0 Å². The van der Waals surface area contributed by atoms with Gasteiger partial charge in [-0.25, -0.2) is 4.98 Å². The summed E-state index contributed by atoms with van der Waals surface area (Å²) >= 11 is 0. The highest BCUT2D eigenvalue weighted by Crippen LogP contribution is 2.31. The van der Waals surface area contributed by atoms with Gasteiger partial charge >= 0.3 is 0 Å². The maximum absolute atomic E-state index is 9.99. The first-order valence-corrected chi connectivity index (χ1v) is 8.26. The number of aliphatic hydroxyl groups is 1. The van der Waals surface area contributed by atoms with Crippen LogP contribution in [-0.2, 0) is 6.42 Å². The number of rotatable bonds is 5. The third-order valence-corrected chi connectivity index (χ3v) is 4.38. The Bertz CT molecular complexity index is 795. The molecule has 7 heteroatoms. The van der Waals surface area contributed by atoms with Crippen LogP contribution in [0.4, 0.5) is 0 Å². The third-order valence-electron chi connectivity index (χ3n) is 4.38. The molecule has 0 aliphatic carbocycles. The Balaban J connectivity index is 1.39. The molecule has 0 spiro atoms. The van der Waals surface area contributed by atoms with Crippen LogP contribution in [-0.4, -0.2) is 44.3 Å². The molecule has 1 N–H and O–H groups in total. The van der Waals surface area contributed by atoms with Gasteiger partial charge in [-0.3, -0.25) is 4.90 Å². The molecule has 3 heterocycles. The summed E-state index contributed by atoms with van der Waals surface area (Å²) in [5, 5.41) is 13.8. The first-order valence-electron chi connectivity index (χ1n) is 8.26. The van der Waals surface area contributed by atoms with Gasteiger partial charge < -0.3 is 14.0 Å². The molecule has 0 saturated carbocycles. The Morgan fingerprint density at radius 1 is 1.29 bits per heavy atom. The summed E-state index contributed by atoms with van der Waals surface area (Å²) in [7, 11) is 0. The minimum atomic E-state index is -0.355. The van der Waals surface area contributed by atoms with Crippen LogP contribution in [0.2, 0.25) is 0 Å². The van der Waals surface area contributed by atoms with Crippen LogP contribution in [0.25, 0.3) is 11.1 Å². The van der Waals surface area contributed by atoms with Gasteiger partial charge in [-0.15, -0.1) is 0 Å². The fourth-order valence-electron chi connectivity index (χ4n) is 3.29. The van der Waals surface area contributed by atoms with Gasteiger partial charge in [0.1, 0.15) is 5.52 Å². The summed E-state index contributed by atoms with van der Waals surface area (Å²) in [4.78, 5) is 11.0. The van der Waals surface area contributed by atoms with Crippen LogP contribution < -0.4 is 0 Å². The van der Waals surface area contributed by atoms with E-state index in [1.165, 1.54) is 0 Å². The first-order chi connectivity index (χ1) is 11.7. The summed E-state index contributed by atoms with van der Waals surface area (Å²) in [6.07, 6.45) is 1.93. The molecule has 1 aromatic carbocycles. The van der Waals surface area contributed by atoms with Crippen molar-refractivity contribution in [3.8, 4) is 0 Å². The van der Waals surface area contributed by atoms with E-state index in [2.05, 4.69) is 20.0 Å². The second-order valence-corrected chi connectivity index (χ2v) is 6.26. The zero-order valence-electron chi connectivity index (χ0n) is 13.6. The molecule has 2 atom stereocenters. The average molecular weight is 328 g/mol. The highest BCUT2D eigenvalue weighted by molar-refractivity contribution is 5.72. The number of aryl methyl sites for hydroxylation is 2. The third kappa shape index (κ3) is 3.05. The molecule has 3 aromatic rings. The molecule has 0 amide bonds. The number of aliphatic hydroxyl groups excluding tert-OH is 1. The quantitative estimate of drug-likeness (QED) is 0.768. The van der Waals surface area contributed by atoms with Crippen LogP contribution in [0, 0.1) is 6.92 Å². The zero-order chi connectivity index (χ0) is 16.5. The van der Waals surface area contributed by atoms with Gasteiger partial charge in [-0.2, -0.15) is 4.98 Å². The Hall–Kier alpha value is -2.25. The van der Waals surface area contributed by atoms with Crippen LogP contribution in [0.1, 0.15) is 36.5 Å². The molecule has 1 aliphatic rings. The Morgan fingerprint density at radius 2 is 2.17 bits per heavy atom. The zero-order valence-corrected chi connectivity index (χ0v) is 13.6. The Kier molecular flexibility index (Phi) is 4.03. The monoisotopic (exact) mass is 328 g/mol. The summed E-state index contributed by atoms with van der Waals surface area (Å²) in [5.74, 6) is 1.96. The van der Waals surface area contributed by atoms with Crippen LogP contribution in [0.3, 0.4) is 0 Å². The van der Waals surface area contributed by atoms with Gasteiger partial charge in [0.05, 0.1) is 12.1 Å². The number of oxazole rings is 1. The van der Waals surface area contributed by atoms with Crippen molar-refractivity contribution in [2.75, 3.05) is 13.1 Å². The number of hydrogen-bond acceptors (Lipinski definition) is 7. The Labute approximate surface area is 139 Å². The summed E-state index contributed by atoms with van der Waals surface area (Å²) in [5.41, 5.74) is 1.71. The number of nitrogens with zero attached hydrogens (tertiary/aromatic N) is 4. The smallest absolute Gasteiger partial charge is 0.244 e. The molecule has 0 bridgehead atoms. The molecule has 2 aromatic heterocycles. The number of benzene rings is 1. The first kappa shape index (κ1) is 15.3. The summed E-state index contributed by atoms with van der Waals surface area (Å²) in [6.45, 7) is 3.25. The second-order valence-electron chi connectivity index (χ2n) is 6.26. The van der Waals surface area contributed by atoms with Crippen molar-refractivity contribution in [2.45, 2.75) is 38.3 Å². The summed E-state index contributed by atoms with van der Waals surface area (Å²) < 4.78 is 11.0. The van der Waals surface area contributed by atoms with E-state index in [0.717, 1.165) is 36.4 Å². The van der Waals surface area contributed by atoms with Crippen molar-refractivity contribution < 1.29 is 14.0 Å². The number of β-amino-alcohol motifs (C(OH)–C–C–N with tert-alkyl or cyclic N) is 1. The van der Waals surface area contributed by atoms with E-state index in [0.29, 0.717) is 24.7 Å². The normalized spacial score (nSPS) is 21.8. The predicted octanol–water partition coefficient (Wildman–Crippen LogP) is 2.26. The maximum Gasteiger partial charge on any atom is 0.244 e. The van der Waals surface area contributed by atoms with Gasteiger partial charge in [-0.05, 0) is 38.4 Å². The predicted molar refractivity (Wildman–Crippen MR) is 86.3 cm³/mol. The number of likely N-dealkylation sites (tertiary alicyclic amines) is 1. The van der Waals surface area contributed by atoms with E-state index in [1.807, 2.05) is 24.3 Å². The maximum atomic E-state index is 9.99. The molecular weight excluding hydrogens is 308 g/mol. The lowest BCUT2D eigenvalue weighted by molar-refractivity contribution is 0.171. The minimum Gasteiger partial charge on any atom is -0.441 e. The Morgan fingerprint density at radius 3 is 2.96 bits per heavy atom. The van der Waals surface area contributed by atoms with Crippen LogP contribution >= 0.6 is 0 Å². The molecule has 1 fully saturated rings. The van der Waals surface area contributed by atoms with E-state index < -0.39 is 0 Å². The van der Waals surface area contributed by atoms with E-state index in [-0.39, 0.29) is 12.1 Å². The van der Waals surface area contributed by atoms with Crippen LogP contribution in [0.15, 0.2) is 33.2 Å². The molecule has 7 nitrogen and oxygen atoms in total. The molecule has 0 unspecified atom stereocenters. The molecule has 4 rings (SSSR count). The van der Waals surface area contributed by atoms with Gasteiger partial charge in [0.2, 0.25) is 5.89 Å². The molecule has 1 aliphatic heterocycles. The van der Waals surface area contributed by atoms with Crippen molar-refractivity contribution >= 4 is 11.1 Å². The molecular formula is C17H20N4O3. The fourth-order valence-corrected chi connectivity index (χ4v) is 3.29. The standard InChI is InChI=1S/C17H20N4O3/c1-11-18-17(24-20-11)14-9-12(22)10-21(14)8-4-7-16-19-13-5-2-3-6-15(13)23-16/h2-3,5-6,12,14,22H,4,7-10H2,1H3/t12-,14-/m1/s1. The van der Waals surface area contributed by atoms with Crippen LogP contribution in [0.5, 0.6) is 0 Å². The fraction of sp³-hybridized carbons (Fsp3) is 0.471. The lowest BCUT2D eigenvalue weighted by Crippen LogP contribution is -2.26. The number of fused-ring (bicyclic) bond motifs is 1. The van der Waals surface area contributed by atoms with E-state index in [1.54, 1.807) is 6.92 Å². The SMILES string of the molecule is Cc1noc([C@H]2C[C@@H](O)CN2CCCc2nc3ccccc3o2)n1. The van der Waals surface area contributed by atoms with E-state index in [4.69, 9.17) is 8.94 Å². The second kappa shape index (κ2) is 6.33. The number of para-hydroxylation sites is 2. The number of aromatic nitrogens is 3. The topological polar surface area (TPSA) is 88.4 Å². The van der Waals surface area contributed by atoms with Crippen molar-refractivity contribution in [1.29, 1.82) is 0 Å². The molecule has 24 heavy (non-hydrogen) atoms. The van der Waals surface area contributed by atoms with Crippen molar-refractivity contribution in [3.63, 3.8) is 0 Å². The highest BCUT2D eigenvalue weighted by atomic mass is 16.5. The van der Waals surface area contributed by atoms with Gasteiger partial charge in [0, 0.05) is 13.0 Å². The van der Waals surface area contributed by atoms with Crippen molar-refractivity contribution in [2.24, 2.45) is 0 Å². The lowest BCUT2D eigenvalue weighted by Gasteiger charge is -2.20. The minimum absolute atomic E-state index is 0.00941. The van der Waals surface area contributed by atoms with Gasteiger partial charge in [-0.1, -0.05) is 17.3 Å².